The number of amides is 1. The molecule has 0 saturated heterocycles. The zero-order valence-electron chi connectivity index (χ0n) is 12.2. The average molecular weight is 311 g/mol. The van der Waals surface area contributed by atoms with Crippen LogP contribution in [-0.2, 0) is 15.6 Å². The lowest BCUT2D eigenvalue weighted by atomic mass is 10.4. The van der Waals surface area contributed by atoms with Crippen molar-refractivity contribution in [3.05, 3.63) is 18.1 Å². The number of rotatable bonds is 5. The molecule has 0 bridgehead atoms. The Morgan fingerprint density at radius 2 is 2.14 bits per heavy atom. The summed E-state index contributed by atoms with van der Waals surface area (Å²) in [6.45, 7) is 7.15. The molecule has 0 radical (unpaired) electrons. The number of anilines is 1. The molecule has 2 atom stereocenters. The van der Waals surface area contributed by atoms with Gasteiger partial charge in [-0.1, -0.05) is 5.16 Å². The largest absolute Gasteiger partial charge is 0.338 e. The Hall–Kier alpha value is -2.03. The summed E-state index contributed by atoms with van der Waals surface area (Å²) in [5.41, 5.74) is 0.652. The third-order valence-electron chi connectivity index (χ3n) is 2.84. The van der Waals surface area contributed by atoms with Crippen LogP contribution in [0.3, 0.4) is 0 Å². The van der Waals surface area contributed by atoms with Crippen LogP contribution in [0.1, 0.15) is 32.5 Å². The Labute approximate surface area is 124 Å². The summed E-state index contributed by atoms with van der Waals surface area (Å²) in [5.74, 6) is -0.200. The van der Waals surface area contributed by atoms with E-state index in [1.807, 2.05) is 13.8 Å². The van der Waals surface area contributed by atoms with Crippen molar-refractivity contribution in [1.82, 2.24) is 19.9 Å². The molecule has 0 fully saturated rings. The van der Waals surface area contributed by atoms with E-state index in [1.54, 1.807) is 24.5 Å². The lowest BCUT2D eigenvalue weighted by molar-refractivity contribution is -0.115. The van der Waals surface area contributed by atoms with Crippen LogP contribution >= 0.6 is 0 Å². The van der Waals surface area contributed by atoms with Crippen molar-refractivity contribution in [3.63, 3.8) is 0 Å². The summed E-state index contributed by atoms with van der Waals surface area (Å²) in [4.78, 5) is 12.1. The van der Waals surface area contributed by atoms with E-state index >= 15 is 0 Å². The Bertz CT molecular complexity index is 663. The van der Waals surface area contributed by atoms with Gasteiger partial charge in [0.1, 0.15) is 22.4 Å². The summed E-state index contributed by atoms with van der Waals surface area (Å²) >= 11 is 0. The van der Waals surface area contributed by atoms with Crippen LogP contribution in [0.4, 0.5) is 5.88 Å². The van der Waals surface area contributed by atoms with Gasteiger partial charge >= 0.3 is 0 Å². The standard InChI is InChI=1S/C12H17N5O3S/c1-7(2)17-6-13-15-12(17)21(19)9(4)11(18)14-10-5-8(3)16-20-10/h5-7,9H,1-4H3,(H,14,18)/t9-,21-/m1/s1. The van der Waals surface area contributed by atoms with Crippen molar-refractivity contribution < 1.29 is 13.5 Å². The van der Waals surface area contributed by atoms with Crippen LogP contribution in [0.15, 0.2) is 22.1 Å². The van der Waals surface area contributed by atoms with Crippen LogP contribution in [0.5, 0.6) is 0 Å². The van der Waals surface area contributed by atoms with E-state index in [9.17, 15) is 9.00 Å². The molecule has 2 rings (SSSR count). The zero-order valence-corrected chi connectivity index (χ0v) is 13.0. The molecule has 8 nitrogen and oxygen atoms in total. The van der Waals surface area contributed by atoms with Crippen molar-refractivity contribution in [3.8, 4) is 0 Å². The summed E-state index contributed by atoms with van der Waals surface area (Å²) in [7, 11) is -1.61. The first-order valence-electron chi connectivity index (χ1n) is 6.44. The molecule has 0 aromatic carbocycles. The molecule has 21 heavy (non-hydrogen) atoms. The molecule has 2 aromatic rings. The number of aromatic nitrogens is 4. The van der Waals surface area contributed by atoms with Crippen molar-refractivity contribution in [1.29, 1.82) is 0 Å². The predicted molar refractivity (Wildman–Crippen MR) is 76.1 cm³/mol. The van der Waals surface area contributed by atoms with Crippen molar-refractivity contribution >= 4 is 22.6 Å². The summed E-state index contributed by atoms with van der Waals surface area (Å²) in [6, 6.07) is 1.65. The minimum atomic E-state index is -1.61. The minimum absolute atomic E-state index is 0.0612. The summed E-state index contributed by atoms with van der Waals surface area (Å²) < 4.78 is 19.0. The smallest absolute Gasteiger partial charge is 0.242 e. The fourth-order valence-corrected chi connectivity index (χ4v) is 2.79. The Morgan fingerprint density at radius 3 is 2.71 bits per heavy atom. The molecule has 1 amide bonds. The second kappa shape index (κ2) is 6.17. The molecule has 2 aromatic heterocycles. The van der Waals surface area contributed by atoms with Crippen LogP contribution in [0.25, 0.3) is 0 Å². The van der Waals surface area contributed by atoms with Crippen molar-refractivity contribution in [2.24, 2.45) is 0 Å². The van der Waals surface area contributed by atoms with E-state index in [0.717, 1.165) is 0 Å². The summed E-state index contributed by atoms with van der Waals surface area (Å²) in [5, 5.41) is 13.3. The summed E-state index contributed by atoms with van der Waals surface area (Å²) in [6.07, 6.45) is 1.50. The second-order valence-corrected chi connectivity index (χ2v) is 6.54. The van der Waals surface area contributed by atoms with Crippen LogP contribution in [-0.4, -0.2) is 35.3 Å². The van der Waals surface area contributed by atoms with Gasteiger partial charge in [-0.25, -0.2) is 0 Å². The molecule has 0 spiro atoms. The van der Waals surface area contributed by atoms with E-state index in [1.165, 1.54) is 6.33 Å². The first-order valence-corrected chi connectivity index (χ1v) is 7.65. The van der Waals surface area contributed by atoms with E-state index in [2.05, 4.69) is 20.7 Å². The fraction of sp³-hybridized carbons (Fsp3) is 0.500. The lowest BCUT2D eigenvalue weighted by Crippen LogP contribution is -2.30. The van der Waals surface area contributed by atoms with Crippen molar-refractivity contribution in [2.45, 2.75) is 44.1 Å². The molecular weight excluding hydrogens is 294 g/mol. The zero-order chi connectivity index (χ0) is 15.6. The van der Waals surface area contributed by atoms with Gasteiger partial charge in [0.25, 0.3) is 0 Å². The van der Waals surface area contributed by atoms with Gasteiger partial charge in [0.2, 0.25) is 16.9 Å². The normalized spacial score (nSPS) is 14.1. The quantitative estimate of drug-likeness (QED) is 0.892. The van der Waals surface area contributed by atoms with Crippen molar-refractivity contribution in [2.75, 3.05) is 5.32 Å². The van der Waals surface area contributed by atoms with E-state index in [0.29, 0.717) is 5.69 Å². The highest BCUT2D eigenvalue weighted by Gasteiger charge is 2.26. The molecule has 1 N–H and O–H groups in total. The molecular formula is C12H17N5O3S. The number of carbonyl (C=O) groups excluding carboxylic acids is 1. The van der Waals surface area contributed by atoms with Crippen LogP contribution < -0.4 is 5.32 Å². The average Bonchev–Trinajstić information content (AvgIpc) is 3.05. The van der Waals surface area contributed by atoms with Gasteiger partial charge in [0, 0.05) is 12.1 Å². The van der Waals surface area contributed by atoms with Gasteiger partial charge in [-0.15, -0.1) is 10.2 Å². The topological polar surface area (TPSA) is 103 Å². The molecule has 0 aliphatic carbocycles. The maximum atomic E-state index is 12.4. The molecule has 2 heterocycles. The Balaban J connectivity index is 2.11. The van der Waals surface area contributed by atoms with Gasteiger partial charge in [0.05, 0.1) is 5.69 Å². The number of nitrogens with one attached hydrogen (secondary N) is 1. The van der Waals surface area contributed by atoms with Gasteiger partial charge in [-0.3, -0.25) is 14.3 Å². The van der Waals surface area contributed by atoms with Gasteiger partial charge in [0.15, 0.2) is 0 Å². The maximum Gasteiger partial charge on any atom is 0.242 e. The second-order valence-electron chi connectivity index (χ2n) is 4.88. The Kier molecular flexibility index (Phi) is 4.51. The van der Waals surface area contributed by atoms with Gasteiger partial charge < -0.3 is 9.09 Å². The molecule has 0 unspecified atom stereocenters. The molecule has 114 valence electrons. The number of aryl methyl sites for hydroxylation is 1. The molecule has 0 saturated carbocycles. The predicted octanol–water partition coefficient (Wildman–Crippen LogP) is 1.29. The third-order valence-corrected chi connectivity index (χ3v) is 4.35. The molecule has 9 heteroatoms. The van der Waals surface area contributed by atoms with Crippen LogP contribution in [0, 0.1) is 6.92 Å². The molecule has 0 aliphatic rings. The SMILES string of the molecule is Cc1cc(NC(=O)[C@@H](C)[S@@](=O)c2nncn2C(C)C)on1. The lowest BCUT2D eigenvalue weighted by Gasteiger charge is -2.13. The van der Waals surface area contributed by atoms with Gasteiger partial charge in [-0.05, 0) is 27.7 Å². The number of hydrogen-bond acceptors (Lipinski definition) is 6. The number of hydrogen-bond donors (Lipinski definition) is 1. The monoisotopic (exact) mass is 311 g/mol. The highest BCUT2D eigenvalue weighted by atomic mass is 32.2. The van der Waals surface area contributed by atoms with E-state index < -0.39 is 22.0 Å². The highest BCUT2D eigenvalue weighted by Crippen LogP contribution is 2.15. The number of carbonyl (C=O) groups is 1. The highest BCUT2D eigenvalue weighted by molar-refractivity contribution is 7.86. The third kappa shape index (κ3) is 3.35. The first-order chi connectivity index (χ1) is 9.90. The fourth-order valence-electron chi connectivity index (χ4n) is 1.63. The first kappa shape index (κ1) is 15.4. The minimum Gasteiger partial charge on any atom is -0.338 e. The van der Waals surface area contributed by atoms with Gasteiger partial charge in [-0.2, -0.15) is 0 Å². The maximum absolute atomic E-state index is 12.4. The molecule has 0 aliphatic heterocycles. The van der Waals surface area contributed by atoms with E-state index in [4.69, 9.17) is 4.52 Å². The Morgan fingerprint density at radius 1 is 1.43 bits per heavy atom. The van der Waals surface area contributed by atoms with Crippen LogP contribution in [0.2, 0.25) is 0 Å². The van der Waals surface area contributed by atoms with E-state index in [-0.39, 0.29) is 17.1 Å². The number of nitrogens with zero attached hydrogens (tertiary/aromatic N) is 4.